The maximum absolute atomic E-state index is 4.58. The van der Waals surface area contributed by atoms with Gasteiger partial charge in [0.25, 0.3) is 0 Å². The largest absolute Gasteiger partial charge is 0.148 e. The smallest absolute Gasteiger partial charge is 0.0359 e. The van der Waals surface area contributed by atoms with Gasteiger partial charge in [0, 0.05) is 20.2 Å². The summed E-state index contributed by atoms with van der Waals surface area (Å²) in [7, 11) is 0. The Hall–Kier alpha value is -1.42. The van der Waals surface area contributed by atoms with Gasteiger partial charge in [0.15, 0.2) is 0 Å². The molecule has 0 spiro atoms. The summed E-state index contributed by atoms with van der Waals surface area (Å²) in [5, 5.41) is 0. The molecule has 0 nitrogen and oxygen atoms in total. The molecular weight excluding hydrogens is 469 g/mol. The van der Waals surface area contributed by atoms with E-state index in [0.29, 0.717) is 5.92 Å². The zero-order valence-electron chi connectivity index (χ0n) is 22.5. The summed E-state index contributed by atoms with van der Waals surface area (Å²) in [6.07, 6.45) is 15.5. The molecule has 0 aromatic carbocycles. The summed E-state index contributed by atoms with van der Waals surface area (Å²) in [4.78, 5) is 5.00. The minimum Gasteiger partial charge on any atom is -0.148 e. The number of allylic oxidation sites excluding steroid dienone is 11. The molecule has 3 heteroatoms. The SMILES string of the molecule is C=C/C(C(=C)/C(C)=C/C=C(C)C)=C(SC)/C(=C(C)/C=C(/C)S)c1ccc(C(CC)CCCC)s1. The molecule has 0 aliphatic carbocycles. The highest BCUT2D eigenvalue weighted by Crippen LogP contribution is 2.43. The van der Waals surface area contributed by atoms with Crippen LogP contribution >= 0.6 is 35.7 Å². The molecule has 0 aliphatic heterocycles. The monoisotopic (exact) mass is 512 g/mol. The van der Waals surface area contributed by atoms with E-state index in [1.807, 2.05) is 24.3 Å². The first kappa shape index (κ1) is 30.6. The summed E-state index contributed by atoms with van der Waals surface area (Å²) in [6.45, 7) is 23.8. The summed E-state index contributed by atoms with van der Waals surface area (Å²) in [6, 6.07) is 4.65. The third-order valence-electron chi connectivity index (χ3n) is 5.84. The molecule has 1 unspecified atom stereocenters. The first-order chi connectivity index (χ1) is 16.1. The van der Waals surface area contributed by atoms with E-state index in [1.165, 1.54) is 57.1 Å². The van der Waals surface area contributed by atoms with Gasteiger partial charge in [-0.25, -0.2) is 0 Å². The maximum atomic E-state index is 4.58. The zero-order valence-corrected chi connectivity index (χ0v) is 25.1. The van der Waals surface area contributed by atoms with Crippen molar-refractivity contribution in [2.75, 3.05) is 6.26 Å². The number of hydrogen-bond donors (Lipinski definition) is 1. The van der Waals surface area contributed by atoms with Crippen LogP contribution in [0.25, 0.3) is 5.57 Å². The Morgan fingerprint density at radius 3 is 2.29 bits per heavy atom. The van der Waals surface area contributed by atoms with E-state index in [1.54, 1.807) is 11.8 Å². The van der Waals surface area contributed by atoms with Crippen LogP contribution in [0, 0.1) is 0 Å². The van der Waals surface area contributed by atoms with E-state index in [0.717, 1.165) is 21.6 Å². The molecule has 186 valence electrons. The van der Waals surface area contributed by atoms with Gasteiger partial charge in [-0.05, 0) is 105 Å². The lowest BCUT2D eigenvalue weighted by molar-refractivity contribution is 0.577. The Labute approximate surface area is 223 Å². The molecule has 1 atom stereocenters. The number of thiophene rings is 1. The van der Waals surface area contributed by atoms with Crippen molar-refractivity contribution >= 4 is 41.3 Å². The number of unbranched alkanes of at least 4 members (excludes halogenated alkanes) is 1. The summed E-state index contributed by atoms with van der Waals surface area (Å²) >= 11 is 8.29. The van der Waals surface area contributed by atoms with Gasteiger partial charge in [0.1, 0.15) is 0 Å². The minimum absolute atomic E-state index is 0.632. The first-order valence-electron chi connectivity index (χ1n) is 12.2. The molecule has 0 aliphatic rings. The van der Waals surface area contributed by atoms with Crippen LogP contribution in [0.15, 0.2) is 87.3 Å². The Kier molecular flexibility index (Phi) is 14.0. The van der Waals surface area contributed by atoms with Crippen LogP contribution in [-0.2, 0) is 0 Å². The normalized spacial score (nSPS) is 14.9. The van der Waals surface area contributed by atoms with Crippen molar-refractivity contribution in [3.05, 3.63) is 97.0 Å². The second kappa shape index (κ2) is 15.5. The van der Waals surface area contributed by atoms with E-state index in [9.17, 15) is 0 Å². The number of hydrogen-bond acceptors (Lipinski definition) is 3. The molecule has 0 N–H and O–H groups in total. The van der Waals surface area contributed by atoms with E-state index in [4.69, 9.17) is 0 Å². The molecule has 1 heterocycles. The molecule has 0 fully saturated rings. The van der Waals surface area contributed by atoms with Gasteiger partial charge in [-0.3, -0.25) is 0 Å². The van der Waals surface area contributed by atoms with Crippen molar-refractivity contribution in [1.82, 2.24) is 0 Å². The molecular formula is C31H44S3. The van der Waals surface area contributed by atoms with Crippen molar-refractivity contribution in [2.45, 2.75) is 80.1 Å². The van der Waals surface area contributed by atoms with Gasteiger partial charge in [0.05, 0.1) is 0 Å². The molecule has 0 saturated carbocycles. The highest BCUT2D eigenvalue weighted by Gasteiger charge is 2.20. The fourth-order valence-corrected chi connectivity index (χ4v) is 6.38. The van der Waals surface area contributed by atoms with Crippen molar-refractivity contribution in [3.8, 4) is 0 Å². The molecule has 0 radical (unpaired) electrons. The second-order valence-electron chi connectivity index (χ2n) is 9.02. The highest BCUT2D eigenvalue weighted by atomic mass is 32.2. The number of thioether (sulfide) groups is 1. The van der Waals surface area contributed by atoms with E-state index in [-0.39, 0.29) is 0 Å². The maximum Gasteiger partial charge on any atom is 0.0359 e. The Morgan fingerprint density at radius 2 is 1.79 bits per heavy atom. The lowest BCUT2D eigenvalue weighted by Gasteiger charge is -2.18. The molecule has 34 heavy (non-hydrogen) atoms. The van der Waals surface area contributed by atoms with Gasteiger partial charge in [-0.1, -0.05) is 63.6 Å². The predicted octanol–water partition coefficient (Wildman–Crippen LogP) is 11.3. The lowest BCUT2D eigenvalue weighted by Crippen LogP contribution is -1.97. The molecule has 0 saturated heterocycles. The predicted molar refractivity (Wildman–Crippen MR) is 165 cm³/mol. The van der Waals surface area contributed by atoms with Gasteiger partial charge in [0.2, 0.25) is 0 Å². The topological polar surface area (TPSA) is 0 Å². The first-order valence-corrected chi connectivity index (χ1v) is 14.7. The molecule has 1 aromatic heterocycles. The quantitative estimate of drug-likeness (QED) is 0.202. The average Bonchev–Trinajstić information content (AvgIpc) is 3.26. The van der Waals surface area contributed by atoms with Gasteiger partial charge in [-0.15, -0.1) is 35.7 Å². The Morgan fingerprint density at radius 1 is 1.12 bits per heavy atom. The standard InChI is InChI=1S/C31H44S3/c1-11-14-15-26(12-2)28-18-19-29(34-28)30(23(7)20-24(8)32)31(33-10)27(13-3)25(9)22(6)17-16-21(4)5/h13,16-20,26,32H,3,9,11-12,14-15H2,1-2,4-8,10H3/b22-17+,24-20-,30-23+,31-27+. The van der Waals surface area contributed by atoms with Crippen molar-refractivity contribution in [3.63, 3.8) is 0 Å². The van der Waals surface area contributed by atoms with Crippen LogP contribution in [0.1, 0.15) is 89.8 Å². The van der Waals surface area contributed by atoms with Gasteiger partial charge < -0.3 is 0 Å². The number of rotatable bonds is 13. The molecule has 0 bridgehead atoms. The van der Waals surface area contributed by atoms with Gasteiger partial charge in [-0.2, -0.15) is 0 Å². The third kappa shape index (κ3) is 8.98. The van der Waals surface area contributed by atoms with Crippen molar-refractivity contribution in [2.24, 2.45) is 0 Å². The van der Waals surface area contributed by atoms with Crippen LogP contribution in [0.5, 0.6) is 0 Å². The van der Waals surface area contributed by atoms with Crippen molar-refractivity contribution in [1.29, 1.82) is 0 Å². The minimum atomic E-state index is 0.632. The Bertz CT molecular complexity index is 997. The summed E-state index contributed by atoms with van der Waals surface area (Å²) in [5.74, 6) is 0.632. The van der Waals surface area contributed by atoms with E-state index in [2.05, 4.69) is 104 Å². The summed E-state index contributed by atoms with van der Waals surface area (Å²) < 4.78 is 0. The molecule has 1 rings (SSSR count). The van der Waals surface area contributed by atoms with Crippen molar-refractivity contribution < 1.29 is 0 Å². The highest BCUT2D eigenvalue weighted by molar-refractivity contribution is 8.03. The lowest BCUT2D eigenvalue weighted by atomic mass is 9.95. The fourth-order valence-electron chi connectivity index (χ4n) is 3.88. The van der Waals surface area contributed by atoms with Gasteiger partial charge >= 0.3 is 0 Å². The zero-order chi connectivity index (χ0) is 25.8. The second-order valence-corrected chi connectivity index (χ2v) is 11.7. The van der Waals surface area contributed by atoms with Crippen LogP contribution in [-0.4, -0.2) is 6.26 Å². The van der Waals surface area contributed by atoms with E-state index < -0.39 is 0 Å². The van der Waals surface area contributed by atoms with Crippen LogP contribution in [0.4, 0.5) is 0 Å². The molecule has 1 aromatic rings. The molecule has 0 amide bonds. The van der Waals surface area contributed by atoms with Crippen LogP contribution < -0.4 is 0 Å². The van der Waals surface area contributed by atoms with E-state index >= 15 is 0 Å². The number of thiol groups is 1. The van der Waals surface area contributed by atoms with Crippen LogP contribution in [0.2, 0.25) is 0 Å². The van der Waals surface area contributed by atoms with Crippen LogP contribution in [0.3, 0.4) is 0 Å². The Balaban J connectivity index is 3.77. The fraction of sp³-hybridized carbons (Fsp3) is 0.419. The average molecular weight is 513 g/mol. The third-order valence-corrected chi connectivity index (χ3v) is 8.07. The summed E-state index contributed by atoms with van der Waals surface area (Å²) in [5.41, 5.74) is 7.00.